The van der Waals surface area contributed by atoms with Gasteiger partial charge in [0.2, 0.25) is 11.8 Å². The average Bonchev–Trinajstić information content (AvgIpc) is 3.68. The third-order valence-corrected chi connectivity index (χ3v) is 10.3. The molecule has 2 saturated heterocycles. The predicted octanol–water partition coefficient (Wildman–Crippen LogP) is 7.38. The van der Waals surface area contributed by atoms with Crippen LogP contribution in [0.2, 0.25) is 0 Å². The largest absolute Gasteiger partial charge is 0.416 e. The number of benzene rings is 2. The highest BCUT2D eigenvalue weighted by atomic mass is 32.3. The topological polar surface area (TPSA) is 81.5 Å². The fraction of sp³-hybridized carbons (Fsp3) is 0.484. The van der Waals surface area contributed by atoms with Crippen LogP contribution in [0, 0.1) is 11.7 Å². The van der Waals surface area contributed by atoms with Crippen LogP contribution >= 0.6 is 10.8 Å². The van der Waals surface area contributed by atoms with Crippen LogP contribution in [0.15, 0.2) is 70.4 Å². The molecule has 45 heavy (non-hydrogen) atoms. The van der Waals surface area contributed by atoms with Crippen molar-refractivity contribution >= 4 is 16.7 Å². The van der Waals surface area contributed by atoms with Crippen molar-refractivity contribution in [1.82, 2.24) is 20.3 Å². The molecule has 0 radical (unpaired) electrons. The molecule has 6 rings (SSSR count). The number of alkyl halides is 5. The van der Waals surface area contributed by atoms with Crippen molar-refractivity contribution in [3.05, 3.63) is 82.5 Å². The first-order valence-electron chi connectivity index (χ1n) is 14.7. The van der Waals surface area contributed by atoms with Gasteiger partial charge < -0.3 is 5.32 Å². The van der Waals surface area contributed by atoms with E-state index in [-0.39, 0.29) is 40.6 Å². The molecular weight excluding hydrogens is 622 g/mol. The van der Waals surface area contributed by atoms with E-state index in [4.69, 9.17) is 8.67 Å². The summed E-state index contributed by atoms with van der Waals surface area (Å²) < 4.78 is 92.2. The zero-order valence-electron chi connectivity index (χ0n) is 25.2. The van der Waals surface area contributed by atoms with E-state index in [2.05, 4.69) is 21.7 Å². The van der Waals surface area contributed by atoms with Gasteiger partial charge in [-0.15, -0.1) is 0 Å². The van der Waals surface area contributed by atoms with Gasteiger partial charge in [0.15, 0.2) is 0 Å². The van der Waals surface area contributed by atoms with E-state index in [0.29, 0.717) is 22.6 Å². The molecule has 1 saturated carbocycles. The highest BCUT2D eigenvalue weighted by molar-refractivity contribution is 8.27. The molecule has 3 fully saturated rings. The summed E-state index contributed by atoms with van der Waals surface area (Å²) in [5.74, 6) is -3.63. The molecule has 0 aromatic heterocycles. The number of carbonyl (C=O) groups excluding carboxylic acids is 1. The first-order valence-corrected chi connectivity index (χ1v) is 16.2. The second-order valence-electron chi connectivity index (χ2n) is 11.8. The highest BCUT2D eigenvalue weighted by Crippen LogP contribution is 2.75. The summed E-state index contributed by atoms with van der Waals surface area (Å²) in [6.45, 7) is 8.06. The van der Waals surface area contributed by atoms with Crippen molar-refractivity contribution in [2.24, 2.45) is 5.92 Å². The zero-order valence-corrected chi connectivity index (χ0v) is 26.1. The molecular formula is C31H40F6N4O3S. The Morgan fingerprint density at radius 1 is 1.09 bits per heavy atom. The van der Waals surface area contributed by atoms with Gasteiger partial charge in [0, 0.05) is 39.8 Å². The van der Waals surface area contributed by atoms with Crippen LogP contribution in [0.25, 0.3) is 0 Å². The molecule has 250 valence electrons. The lowest BCUT2D eigenvalue weighted by Crippen LogP contribution is -2.54. The Labute approximate surface area is 262 Å². The van der Waals surface area contributed by atoms with Gasteiger partial charge in [0.25, 0.3) is 0 Å². The van der Waals surface area contributed by atoms with Gasteiger partial charge in [-0.3, -0.25) is 19.7 Å². The van der Waals surface area contributed by atoms with Gasteiger partial charge >= 0.3 is 6.18 Å². The van der Waals surface area contributed by atoms with Crippen LogP contribution in [0.5, 0.6) is 0 Å². The van der Waals surface area contributed by atoms with Crippen molar-refractivity contribution < 1.29 is 42.7 Å². The van der Waals surface area contributed by atoms with Gasteiger partial charge in [-0.2, -0.15) is 13.2 Å². The molecule has 0 spiro atoms. The Kier molecular flexibility index (Phi) is 9.13. The maximum atomic E-state index is 13.7. The maximum Gasteiger partial charge on any atom is 0.416 e. The minimum atomic E-state index is -4.47. The summed E-state index contributed by atoms with van der Waals surface area (Å²) in [7, 11) is -2.51. The summed E-state index contributed by atoms with van der Waals surface area (Å²) in [4.78, 5) is 13.5. The second-order valence-corrected chi connectivity index (χ2v) is 14.0. The summed E-state index contributed by atoms with van der Waals surface area (Å²) in [5.41, 5.74) is 3.93. The number of hydrogen-bond donors (Lipinski definition) is 3. The van der Waals surface area contributed by atoms with Crippen LogP contribution in [-0.4, -0.2) is 40.4 Å². The summed E-state index contributed by atoms with van der Waals surface area (Å²) in [6, 6.07) is 9.78. The van der Waals surface area contributed by atoms with Crippen molar-refractivity contribution in [2.75, 3.05) is 6.54 Å². The Morgan fingerprint density at radius 2 is 1.69 bits per heavy atom. The van der Waals surface area contributed by atoms with Gasteiger partial charge in [-0.05, 0) is 72.5 Å². The monoisotopic (exact) mass is 662 g/mol. The SMILES string of the molecule is CC.CC1(C)NC(C2=C=C(N(Cc3ccc(C(F)(F)F)cc3)S3(c4ccc(F)cc4)OO3)C2)NC1C(=O)NCC1CC(F)(F)C1.[HH].[HH]. The van der Waals surface area contributed by atoms with Crippen molar-refractivity contribution in [2.45, 2.75) is 88.2 Å². The number of nitrogens with one attached hydrogen (secondary N) is 3. The fourth-order valence-electron chi connectivity index (χ4n) is 5.61. The quantitative estimate of drug-likeness (QED) is 0.113. The lowest BCUT2D eigenvalue weighted by molar-refractivity contribution is -0.137. The molecule has 4 aliphatic rings. The van der Waals surface area contributed by atoms with Crippen LogP contribution in [0.4, 0.5) is 26.3 Å². The standard InChI is InChI=1S/C29H30F6N4O3S.C2H6.2H2/c1-27(2)24(26(40)36-15-18-13-28(31,32)14-18)37-25(38-27)19-11-22(12-19)39(16-17-3-5-20(6-4-17)29(33,34)35)43(41-42-43)23-9-7-21(30)8-10-23;1-2;;/h3-10,18,24-25,37-38H,11,13-16H2,1-2H3,(H,36,40);1-2H3;2*1H. The van der Waals surface area contributed by atoms with E-state index >= 15 is 0 Å². The lowest BCUT2D eigenvalue weighted by atomic mass is 9.81. The molecule has 2 heterocycles. The van der Waals surface area contributed by atoms with Crippen molar-refractivity contribution in [3.63, 3.8) is 0 Å². The van der Waals surface area contributed by atoms with E-state index in [0.717, 1.165) is 17.7 Å². The number of nitrogens with zero attached hydrogens (tertiary/aromatic N) is 1. The van der Waals surface area contributed by atoms with Crippen LogP contribution in [-0.2, 0) is 26.2 Å². The van der Waals surface area contributed by atoms with E-state index in [1.165, 1.54) is 36.4 Å². The van der Waals surface area contributed by atoms with Crippen molar-refractivity contribution in [1.29, 1.82) is 0 Å². The minimum absolute atomic E-state index is 0. The number of carbonyl (C=O) groups is 1. The molecule has 0 bridgehead atoms. The first-order chi connectivity index (χ1) is 21.2. The van der Waals surface area contributed by atoms with Crippen LogP contribution < -0.4 is 16.0 Å². The van der Waals surface area contributed by atoms with Gasteiger partial charge in [0.05, 0.1) is 28.9 Å². The normalized spacial score (nSPS) is 24.9. The maximum absolute atomic E-state index is 13.7. The van der Waals surface area contributed by atoms with Gasteiger partial charge in [-0.25, -0.2) is 13.2 Å². The molecule has 2 aromatic carbocycles. The highest BCUT2D eigenvalue weighted by Gasteiger charge is 2.51. The second kappa shape index (κ2) is 12.3. The molecule has 14 heteroatoms. The third-order valence-electron chi connectivity index (χ3n) is 8.09. The van der Waals surface area contributed by atoms with E-state index < -0.39 is 52.0 Å². The zero-order chi connectivity index (χ0) is 32.8. The summed E-state index contributed by atoms with van der Waals surface area (Å²) in [6.07, 6.45) is -4.93. The molecule has 2 unspecified atom stereocenters. The predicted molar refractivity (Wildman–Crippen MR) is 161 cm³/mol. The Morgan fingerprint density at radius 3 is 2.22 bits per heavy atom. The number of rotatable bonds is 9. The summed E-state index contributed by atoms with van der Waals surface area (Å²) in [5, 5.41) is 9.45. The number of hydrogen-bond acceptors (Lipinski definition) is 6. The molecule has 2 atom stereocenters. The lowest BCUT2D eigenvalue weighted by Gasteiger charge is -2.37. The Hall–Kier alpha value is -3.00. The number of amides is 1. The van der Waals surface area contributed by atoms with Crippen LogP contribution in [0.1, 0.15) is 60.9 Å². The Bertz CT molecular complexity index is 1480. The molecule has 2 aliphatic carbocycles. The molecule has 3 N–H and O–H groups in total. The minimum Gasteiger partial charge on any atom is -0.354 e. The summed E-state index contributed by atoms with van der Waals surface area (Å²) >= 11 is 0. The Balaban J connectivity index is 0.00000147. The van der Waals surface area contributed by atoms with E-state index in [1.807, 2.05) is 27.7 Å². The molecule has 1 amide bonds. The van der Waals surface area contributed by atoms with Gasteiger partial charge in [0.1, 0.15) is 11.9 Å². The average molecular weight is 663 g/mol. The first kappa shape index (κ1) is 33.4. The van der Waals surface area contributed by atoms with Crippen molar-refractivity contribution in [3.8, 4) is 0 Å². The van der Waals surface area contributed by atoms with E-state index in [9.17, 15) is 31.1 Å². The van der Waals surface area contributed by atoms with Gasteiger partial charge in [-0.1, -0.05) is 40.4 Å². The molecule has 2 aromatic rings. The third kappa shape index (κ3) is 7.06. The van der Waals surface area contributed by atoms with E-state index in [1.54, 1.807) is 4.31 Å². The van der Waals surface area contributed by atoms with Crippen LogP contribution in [0.3, 0.4) is 0 Å². The fourth-order valence-corrected chi connectivity index (χ4v) is 7.58. The number of halogens is 6. The smallest absolute Gasteiger partial charge is 0.354 e. The molecule has 7 nitrogen and oxygen atoms in total. The molecule has 2 aliphatic heterocycles.